The van der Waals surface area contributed by atoms with Crippen LogP contribution in [-0.4, -0.2) is 40.4 Å². The number of hydrogen-bond donors (Lipinski definition) is 1. The Hall–Kier alpha value is -2.28. The van der Waals surface area contributed by atoms with E-state index in [0.29, 0.717) is 17.6 Å². The Morgan fingerprint density at radius 3 is 2.69 bits per heavy atom. The van der Waals surface area contributed by atoms with Crippen molar-refractivity contribution >= 4 is 34.0 Å². The number of carbonyl (C=O) groups is 1. The molecule has 5 nitrogen and oxygen atoms in total. The van der Waals surface area contributed by atoms with Crippen molar-refractivity contribution in [2.75, 3.05) is 25.0 Å². The molecule has 0 aliphatic carbocycles. The van der Waals surface area contributed by atoms with Gasteiger partial charge in [0.25, 0.3) is 0 Å². The fourth-order valence-electron chi connectivity index (χ4n) is 3.67. The summed E-state index contributed by atoms with van der Waals surface area (Å²) in [6, 6.07) is 14.2. The molecule has 0 radical (unpaired) electrons. The van der Waals surface area contributed by atoms with E-state index >= 15 is 0 Å². The van der Waals surface area contributed by atoms with Crippen molar-refractivity contribution in [3.63, 3.8) is 0 Å². The van der Waals surface area contributed by atoms with Gasteiger partial charge in [0.05, 0.1) is 6.54 Å². The number of thiazole rings is 1. The Morgan fingerprint density at radius 2 is 1.97 bits per heavy atom. The van der Waals surface area contributed by atoms with Gasteiger partial charge in [0.1, 0.15) is 0 Å². The van der Waals surface area contributed by atoms with Gasteiger partial charge < -0.3 is 5.32 Å². The zero-order valence-corrected chi connectivity index (χ0v) is 17.6. The van der Waals surface area contributed by atoms with E-state index in [9.17, 15) is 4.79 Å². The molecule has 0 bridgehead atoms. The first-order valence-corrected chi connectivity index (χ1v) is 11.0. The van der Waals surface area contributed by atoms with Crippen molar-refractivity contribution in [3.8, 4) is 0 Å². The Bertz CT molecular complexity index is 938. The molecule has 1 aliphatic rings. The molecule has 1 aromatic carbocycles. The smallest absolute Gasteiger partial charge is 0.240 e. The molecule has 2 aromatic heterocycles. The minimum absolute atomic E-state index is 0.00138. The molecule has 1 amide bonds. The van der Waals surface area contributed by atoms with E-state index in [1.54, 1.807) is 6.20 Å². The first-order chi connectivity index (χ1) is 14.2. The highest BCUT2D eigenvalue weighted by atomic mass is 35.5. The number of piperidine rings is 1. The van der Waals surface area contributed by atoms with Gasteiger partial charge in [-0.1, -0.05) is 29.8 Å². The lowest BCUT2D eigenvalue weighted by molar-refractivity contribution is -0.117. The van der Waals surface area contributed by atoms with Crippen molar-refractivity contribution in [1.29, 1.82) is 0 Å². The molecule has 3 aromatic rings. The van der Waals surface area contributed by atoms with Crippen molar-refractivity contribution in [3.05, 3.63) is 76.0 Å². The second kappa shape index (κ2) is 9.48. The van der Waals surface area contributed by atoms with Crippen LogP contribution in [0.2, 0.25) is 5.02 Å². The van der Waals surface area contributed by atoms with E-state index < -0.39 is 0 Å². The molecular formula is C22H23ClN4OS. The molecular weight excluding hydrogens is 404 g/mol. The monoisotopic (exact) mass is 426 g/mol. The zero-order chi connectivity index (χ0) is 20.1. The van der Waals surface area contributed by atoms with Crippen LogP contribution >= 0.6 is 22.9 Å². The average Bonchev–Trinajstić information content (AvgIpc) is 3.23. The Morgan fingerprint density at radius 1 is 1.17 bits per heavy atom. The predicted molar refractivity (Wildman–Crippen MR) is 118 cm³/mol. The third kappa shape index (κ3) is 5.63. The minimum atomic E-state index is 0.00138. The second-order valence-electron chi connectivity index (χ2n) is 7.29. The van der Waals surface area contributed by atoms with E-state index in [0.717, 1.165) is 48.8 Å². The lowest BCUT2D eigenvalue weighted by Gasteiger charge is -2.31. The topological polar surface area (TPSA) is 58.1 Å². The minimum Gasteiger partial charge on any atom is -0.301 e. The van der Waals surface area contributed by atoms with E-state index in [4.69, 9.17) is 16.6 Å². The van der Waals surface area contributed by atoms with Gasteiger partial charge in [-0.05, 0) is 55.8 Å². The zero-order valence-electron chi connectivity index (χ0n) is 16.1. The van der Waals surface area contributed by atoms with Gasteiger partial charge >= 0.3 is 0 Å². The molecule has 1 saturated heterocycles. The lowest BCUT2D eigenvalue weighted by atomic mass is 9.92. The van der Waals surface area contributed by atoms with Crippen LogP contribution in [-0.2, 0) is 11.2 Å². The summed E-state index contributed by atoms with van der Waals surface area (Å²) in [7, 11) is 0. The lowest BCUT2D eigenvalue weighted by Crippen LogP contribution is -2.38. The highest BCUT2D eigenvalue weighted by Crippen LogP contribution is 2.27. The highest BCUT2D eigenvalue weighted by molar-refractivity contribution is 7.13. The number of amides is 1. The second-order valence-corrected chi connectivity index (χ2v) is 8.62. The molecule has 1 N–H and O–H groups in total. The molecule has 4 rings (SSSR count). The van der Waals surface area contributed by atoms with Crippen molar-refractivity contribution in [1.82, 2.24) is 14.9 Å². The molecule has 29 heavy (non-hydrogen) atoms. The van der Waals surface area contributed by atoms with E-state index in [1.165, 1.54) is 16.9 Å². The van der Waals surface area contributed by atoms with Crippen LogP contribution in [0.3, 0.4) is 0 Å². The van der Waals surface area contributed by atoms with Gasteiger partial charge in [-0.25, -0.2) is 4.98 Å². The average molecular weight is 427 g/mol. The maximum Gasteiger partial charge on any atom is 0.240 e. The molecule has 1 aliphatic heterocycles. The number of aromatic nitrogens is 2. The van der Waals surface area contributed by atoms with Crippen LogP contribution in [0.15, 0.2) is 54.0 Å². The molecule has 7 heteroatoms. The van der Waals surface area contributed by atoms with Gasteiger partial charge in [-0.2, -0.15) is 0 Å². The van der Waals surface area contributed by atoms with Crippen molar-refractivity contribution in [2.24, 2.45) is 0 Å². The van der Waals surface area contributed by atoms with Gasteiger partial charge in [-0.15, -0.1) is 11.3 Å². The summed E-state index contributed by atoms with van der Waals surface area (Å²) in [5.41, 5.74) is 3.44. The van der Waals surface area contributed by atoms with Crippen molar-refractivity contribution in [2.45, 2.75) is 25.2 Å². The summed E-state index contributed by atoms with van der Waals surface area (Å²) in [5.74, 6) is 0.444. The summed E-state index contributed by atoms with van der Waals surface area (Å²) >= 11 is 7.41. The van der Waals surface area contributed by atoms with Gasteiger partial charge in [-0.3, -0.25) is 14.7 Å². The van der Waals surface area contributed by atoms with Gasteiger partial charge in [0.15, 0.2) is 5.13 Å². The third-order valence-electron chi connectivity index (χ3n) is 5.18. The third-order valence-corrected chi connectivity index (χ3v) is 6.12. The van der Waals surface area contributed by atoms with Gasteiger partial charge in [0.2, 0.25) is 5.91 Å². The molecule has 3 heterocycles. The maximum atomic E-state index is 12.2. The fourth-order valence-corrected chi connectivity index (χ4v) is 4.34. The Balaban J connectivity index is 1.30. The van der Waals surface area contributed by atoms with Crippen LogP contribution < -0.4 is 5.32 Å². The van der Waals surface area contributed by atoms with Crippen molar-refractivity contribution < 1.29 is 4.79 Å². The molecule has 0 unspecified atom stereocenters. The number of rotatable bonds is 6. The highest BCUT2D eigenvalue weighted by Gasteiger charge is 2.23. The van der Waals surface area contributed by atoms with Crippen LogP contribution in [0.1, 0.15) is 35.7 Å². The van der Waals surface area contributed by atoms with Crippen LogP contribution in [0, 0.1) is 0 Å². The number of benzene rings is 1. The molecule has 1 fully saturated rings. The number of carbonyl (C=O) groups excluding carboxylic acids is 1. The quantitative estimate of drug-likeness (QED) is 0.625. The molecule has 0 atom stereocenters. The first kappa shape index (κ1) is 20.0. The van der Waals surface area contributed by atoms with Crippen LogP contribution in [0.5, 0.6) is 0 Å². The summed E-state index contributed by atoms with van der Waals surface area (Å²) in [5, 5.41) is 6.12. The summed E-state index contributed by atoms with van der Waals surface area (Å²) < 4.78 is 0. The van der Waals surface area contributed by atoms with E-state index in [-0.39, 0.29) is 5.91 Å². The molecule has 150 valence electrons. The van der Waals surface area contributed by atoms with E-state index in [2.05, 4.69) is 33.4 Å². The number of halogens is 1. The van der Waals surface area contributed by atoms with Crippen LogP contribution in [0.4, 0.5) is 5.13 Å². The van der Waals surface area contributed by atoms with Crippen LogP contribution in [0.25, 0.3) is 0 Å². The number of nitrogens with zero attached hydrogens (tertiary/aromatic N) is 3. The van der Waals surface area contributed by atoms with Gasteiger partial charge in [0, 0.05) is 40.3 Å². The number of nitrogens with one attached hydrogen (secondary N) is 1. The first-order valence-electron chi connectivity index (χ1n) is 9.78. The number of pyridine rings is 1. The molecule has 0 saturated carbocycles. The predicted octanol–water partition coefficient (Wildman–Crippen LogP) is 4.60. The number of anilines is 1. The summed E-state index contributed by atoms with van der Waals surface area (Å²) in [6.07, 6.45) is 4.53. The molecule has 0 spiro atoms. The van der Waals surface area contributed by atoms with E-state index in [1.807, 2.05) is 29.6 Å². The normalized spacial score (nSPS) is 15.3. The number of likely N-dealkylation sites (tertiary alicyclic amines) is 1. The summed E-state index contributed by atoms with van der Waals surface area (Å²) in [4.78, 5) is 23.4. The SMILES string of the molecule is O=C(CN1CCC(c2cccc(Cc3ccc(Cl)cc3)n2)CC1)Nc1nccs1. The summed E-state index contributed by atoms with van der Waals surface area (Å²) in [6.45, 7) is 2.22. The Kier molecular flexibility index (Phi) is 6.54. The fraction of sp³-hybridized carbons (Fsp3) is 0.318. The standard InChI is InChI=1S/C22H23ClN4OS/c23-18-6-4-16(5-7-18)14-19-2-1-3-20(25-19)17-8-11-27(12-9-17)15-21(28)26-22-24-10-13-29-22/h1-7,10,13,17H,8-9,11-12,14-15H2,(H,24,26,28). The largest absolute Gasteiger partial charge is 0.301 e. The maximum absolute atomic E-state index is 12.2. The number of hydrogen-bond acceptors (Lipinski definition) is 5. The Labute approximate surface area is 179 Å².